The zero-order chi connectivity index (χ0) is 12.7. The van der Waals surface area contributed by atoms with E-state index in [1.54, 1.807) is 0 Å². The molecule has 3 heterocycles. The molecule has 0 aromatic carbocycles. The molecular weight excluding hydrogens is 224 g/mol. The Bertz CT molecular complexity index is 504. The van der Waals surface area contributed by atoms with Gasteiger partial charge in [-0.15, -0.1) is 0 Å². The van der Waals surface area contributed by atoms with Gasteiger partial charge in [0.25, 0.3) is 0 Å². The highest BCUT2D eigenvalue weighted by molar-refractivity contribution is 5.69. The fourth-order valence-corrected chi connectivity index (χ4v) is 2.75. The molecule has 0 atom stereocenters. The largest absolute Gasteiger partial charge is 0.343 e. The Labute approximate surface area is 108 Å². The molecule has 0 spiro atoms. The van der Waals surface area contributed by atoms with Gasteiger partial charge in [0.1, 0.15) is 5.82 Å². The molecule has 0 saturated carbocycles. The summed E-state index contributed by atoms with van der Waals surface area (Å²) in [5.74, 6) is 1.71. The Kier molecular flexibility index (Phi) is 2.74. The SMILES string of the molecule is C=C1C=C(C2CCN(C)CC2)Nc2c(C)cnn21. The number of rotatable bonds is 1. The van der Waals surface area contributed by atoms with E-state index in [0.29, 0.717) is 5.92 Å². The number of hydrogen-bond acceptors (Lipinski definition) is 3. The average Bonchev–Trinajstić information content (AvgIpc) is 2.73. The standard InChI is InChI=1S/C14H20N4/c1-10-9-15-18-11(2)8-13(16-14(10)18)12-4-6-17(3)7-5-12/h8-9,12,16H,2,4-7H2,1,3H3. The van der Waals surface area contributed by atoms with Crippen molar-refractivity contribution in [1.29, 1.82) is 0 Å². The van der Waals surface area contributed by atoms with E-state index in [1.807, 2.05) is 10.9 Å². The van der Waals surface area contributed by atoms with Crippen LogP contribution in [0.25, 0.3) is 5.70 Å². The number of aromatic nitrogens is 2. The lowest BCUT2D eigenvalue weighted by Crippen LogP contribution is -2.33. The summed E-state index contributed by atoms with van der Waals surface area (Å²) in [7, 11) is 2.19. The molecule has 1 aromatic heterocycles. The van der Waals surface area contributed by atoms with Gasteiger partial charge in [-0.05, 0) is 46.0 Å². The minimum Gasteiger partial charge on any atom is -0.343 e. The van der Waals surface area contributed by atoms with Crippen LogP contribution in [0.5, 0.6) is 0 Å². The Morgan fingerprint density at radius 1 is 1.39 bits per heavy atom. The molecule has 0 bridgehead atoms. The van der Waals surface area contributed by atoms with E-state index in [4.69, 9.17) is 0 Å². The highest BCUT2D eigenvalue weighted by Crippen LogP contribution is 2.32. The van der Waals surface area contributed by atoms with Crippen molar-refractivity contribution < 1.29 is 0 Å². The number of allylic oxidation sites excluding steroid dienone is 3. The topological polar surface area (TPSA) is 33.1 Å². The van der Waals surface area contributed by atoms with Gasteiger partial charge in [-0.3, -0.25) is 0 Å². The minimum atomic E-state index is 0.626. The fourth-order valence-electron chi connectivity index (χ4n) is 2.75. The number of nitrogens with one attached hydrogen (secondary N) is 1. The van der Waals surface area contributed by atoms with E-state index in [1.165, 1.54) is 37.2 Å². The fraction of sp³-hybridized carbons (Fsp3) is 0.500. The lowest BCUT2D eigenvalue weighted by molar-refractivity contribution is 0.238. The minimum absolute atomic E-state index is 0.626. The van der Waals surface area contributed by atoms with Crippen molar-refractivity contribution in [3.05, 3.63) is 30.1 Å². The van der Waals surface area contributed by atoms with E-state index in [9.17, 15) is 0 Å². The molecule has 2 aliphatic rings. The average molecular weight is 244 g/mol. The summed E-state index contributed by atoms with van der Waals surface area (Å²) in [6.45, 7) is 8.53. The molecule has 0 unspecified atom stereocenters. The van der Waals surface area contributed by atoms with Gasteiger partial charge in [-0.1, -0.05) is 6.58 Å². The number of likely N-dealkylation sites (tertiary alicyclic amines) is 1. The summed E-state index contributed by atoms with van der Waals surface area (Å²) in [4.78, 5) is 2.39. The van der Waals surface area contributed by atoms with Crippen molar-refractivity contribution in [2.45, 2.75) is 19.8 Å². The Balaban J connectivity index is 1.83. The number of anilines is 1. The highest BCUT2D eigenvalue weighted by atomic mass is 15.3. The molecule has 0 aliphatic carbocycles. The molecule has 1 fully saturated rings. The normalized spacial score (nSPS) is 21.4. The van der Waals surface area contributed by atoms with Crippen LogP contribution in [0.2, 0.25) is 0 Å². The molecule has 18 heavy (non-hydrogen) atoms. The lowest BCUT2D eigenvalue weighted by Gasteiger charge is -2.32. The van der Waals surface area contributed by atoms with Crippen LogP contribution in [0.3, 0.4) is 0 Å². The van der Waals surface area contributed by atoms with Gasteiger partial charge in [-0.25, -0.2) is 4.68 Å². The van der Waals surface area contributed by atoms with E-state index in [2.05, 4.69) is 41.9 Å². The number of piperidine rings is 1. The third kappa shape index (κ3) is 1.86. The van der Waals surface area contributed by atoms with Crippen molar-refractivity contribution in [3.8, 4) is 0 Å². The first-order valence-corrected chi connectivity index (χ1v) is 6.56. The van der Waals surface area contributed by atoms with E-state index in [0.717, 1.165) is 11.5 Å². The Hall–Kier alpha value is -1.55. The summed E-state index contributed by atoms with van der Waals surface area (Å²) >= 11 is 0. The molecule has 0 amide bonds. The first-order chi connectivity index (χ1) is 8.65. The summed E-state index contributed by atoms with van der Waals surface area (Å²) < 4.78 is 1.88. The van der Waals surface area contributed by atoms with E-state index in [-0.39, 0.29) is 0 Å². The molecule has 4 heteroatoms. The van der Waals surface area contributed by atoms with Crippen LogP contribution < -0.4 is 5.32 Å². The smallest absolute Gasteiger partial charge is 0.136 e. The van der Waals surface area contributed by atoms with Crippen molar-refractivity contribution >= 4 is 11.5 Å². The maximum absolute atomic E-state index is 4.33. The van der Waals surface area contributed by atoms with Gasteiger partial charge in [0.2, 0.25) is 0 Å². The van der Waals surface area contributed by atoms with Crippen LogP contribution in [0.15, 0.2) is 24.5 Å². The van der Waals surface area contributed by atoms with Gasteiger partial charge in [0.15, 0.2) is 0 Å². The van der Waals surface area contributed by atoms with Crippen LogP contribution in [-0.2, 0) is 0 Å². The second-order valence-electron chi connectivity index (χ2n) is 5.38. The van der Waals surface area contributed by atoms with Crippen LogP contribution in [0.1, 0.15) is 18.4 Å². The number of fused-ring (bicyclic) bond motifs is 1. The van der Waals surface area contributed by atoms with Crippen molar-refractivity contribution in [2.24, 2.45) is 5.92 Å². The molecule has 1 N–H and O–H groups in total. The van der Waals surface area contributed by atoms with Crippen LogP contribution in [-0.4, -0.2) is 34.8 Å². The lowest BCUT2D eigenvalue weighted by atomic mass is 9.92. The monoisotopic (exact) mass is 244 g/mol. The zero-order valence-electron chi connectivity index (χ0n) is 11.1. The highest BCUT2D eigenvalue weighted by Gasteiger charge is 2.24. The number of aryl methyl sites for hydroxylation is 1. The first-order valence-electron chi connectivity index (χ1n) is 6.56. The van der Waals surface area contributed by atoms with Gasteiger partial charge >= 0.3 is 0 Å². The maximum atomic E-state index is 4.33. The van der Waals surface area contributed by atoms with Crippen LogP contribution >= 0.6 is 0 Å². The van der Waals surface area contributed by atoms with Crippen LogP contribution in [0.4, 0.5) is 5.82 Å². The van der Waals surface area contributed by atoms with Gasteiger partial charge in [0, 0.05) is 17.2 Å². The second-order valence-corrected chi connectivity index (χ2v) is 5.38. The molecule has 2 aliphatic heterocycles. The zero-order valence-corrected chi connectivity index (χ0v) is 11.1. The molecule has 4 nitrogen and oxygen atoms in total. The summed E-state index contributed by atoms with van der Waals surface area (Å²) in [6, 6.07) is 0. The van der Waals surface area contributed by atoms with Gasteiger partial charge in [0.05, 0.1) is 11.9 Å². The molecule has 3 rings (SSSR count). The van der Waals surface area contributed by atoms with Gasteiger partial charge < -0.3 is 10.2 Å². The summed E-state index contributed by atoms with van der Waals surface area (Å²) in [6.07, 6.45) is 6.47. The molecule has 1 saturated heterocycles. The van der Waals surface area contributed by atoms with Crippen molar-refractivity contribution in [2.75, 3.05) is 25.5 Å². The second kappa shape index (κ2) is 4.28. The molecular formula is C14H20N4. The number of nitrogens with zero attached hydrogens (tertiary/aromatic N) is 3. The van der Waals surface area contributed by atoms with Gasteiger partial charge in [-0.2, -0.15) is 5.10 Å². The van der Waals surface area contributed by atoms with E-state index < -0.39 is 0 Å². The summed E-state index contributed by atoms with van der Waals surface area (Å²) in [5, 5.41) is 7.87. The van der Waals surface area contributed by atoms with Crippen molar-refractivity contribution in [1.82, 2.24) is 14.7 Å². The third-order valence-corrected chi connectivity index (χ3v) is 3.97. The van der Waals surface area contributed by atoms with Crippen molar-refractivity contribution in [3.63, 3.8) is 0 Å². The van der Waals surface area contributed by atoms with Crippen LogP contribution in [0, 0.1) is 12.8 Å². The number of hydrogen-bond donors (Lipinski definition) is 1. The Morgan fingerprint density at radius 3 is 2.83 bits per heavy atom. The quantitative estimate of drug-likeness (QED) is 0.823. The first kappa shape index (κ1) is 11.5. The van der Waals surface area contributed by atoms with E-state index >= 15 is 0 Å². The molecule has 96 valence electrons. The predicted molar refractivity (Wildman–Crippen MR) is 74.2 cm³/mol. The predicted octanol–water partition coefficient (Wildman–Crippen LogP) is 2.31. The Morgan fingerprint density at radius 2 is 2.11 bits per heavy atom. The maximum Gasteiger partial charge on any atom is 0.136 e. The molecule has 1 aromatic rings. The molecule has 0 radical (unpaired) electrons. The summed E-state index contributed by atoms with van der Waals surface area (Å²) in [5.41, 5.74) is 3.45. The third-order valence-electron chi connectivity index (χ3n) is 3.97.